The standard InChI is InChI=1S/C14H13NO/c16-14(15-8-4-5-9-15)13-10-12(13)11-6-2-1-3-7-11/h1-9,12-13H,10H2/t12-,13+/m1/s1. The number of carbonyl (C=O) groups excluding carboxylic acids is 1. The van der Waals surface area contributed by atoms with Crippen molar-refractivity contribution in [3.63, 3.8) is 0 Å². The zero-order chi connectivity index (χ0) is 11.0. The highest BCUT2D eigenvalue weighted by molar-refractivity contribution is 5.85. The predicted octanol–water partition coefficient (Wildman–Crippen LogP) is 2.93. The molecule has 3 rings (SSSR count). The number of nitrogens with zero attached hydrogens (tertiary/aromatic N) is 1. The van der Waals surface area contributed by atoms with Crippen molar-refractivity contribution in [3.05, 3.63) is 60.4 Å². The monoisotopic (exact) mass is 211 g/mol. The van der Waals surface area contributed by atoms with Gasteiger partial charge >= 0.3 is 0 Å². The first-order valence-electron chi connectivity index (χ1n) is 5.58. The largest absolute Gasteiger partial charge is 0.294 e. The summed E-state index contributed by atoms with van der Waals surface area (Å²) in [4.78, 5) is 12.0. The Kier molecular flexibility index (Phi) is 2.13. The van der Waals surface area contributed by atoms with E-state index in [0.29, 0.717) is 5.92 Å². The fourth-order valence-electron chi connectivity index (χ4n) is 2.21. The number of hydrogen-bond donors (Lipinski definition) is 0. The number of carbonyl (C=O) groups is 1. The Hall–Kier alpha value is -1.83. The third-order valence-corrected chi connectivity index (χ3v) is 3.19. The molecule has 0 radical (unpaired) electrons. The van der Waals surface area contributed by atoms with Crippen molar-refractivity contribution in [1.82, 2.24) is 4.57 Å². The van der Waals surface area contributed by atoms with E-state index in [4.69, 9.17) is 0 Å². The van der Waals surface area contributed by atoms with Crippen LogP contribution in [0.15, 0.2) is 54.9 Å². The molecule has 0 aliphatic heterocycles. The Morgan fingerprint density at radius 3 is 2.44 bits per heavy atom. The van der Waals surface area contributed by atoms with Crippen molar-refractivity contribution in [1.29, 1.82) is 0 Å². The molecule has 0 spiro atoms. The van der Waals surface area contributed by atoms with Crippen molar-refractivity contribution in [2.45, 2.75) is 12.3 Å². The molecule has 16 heavy (non-hydrogen) atoms. The number of hydrogen-bond acceptors (Lipinski definition) is 1. The van der Waals surface area contributed by atoms with Crippen LogP contribution >= 0.6 is 0 Å². The molecule has 0 amide bonds. The van der Waals surface area contributed by atoms with Gasteiger partial charge in [-0.3, -0.25) is 9.36 Å². The van der Waals surface area contributed by atoms with E-state index in [1.54, 1.807) is 4.57 Å². The molecule has 1 saturated carbocycles. The first-order valence-corrected chi connectivity index (χ1v) is 5.58. The summed E-state index contributed by atoms with van der Waals surface area (Å²) in [5.74, 6) is 0.824. The molecule has 0 bridgehead atoms. The van der Waals surface area contributed by atoms with E-state index in [2.05, 4.69) is 12.1 Å². The van der Waals surface area contributed by atoms with Crippen LogP contribution in [0.1, 0.15) is 22.7 Å². The summed E-state index contributed by atoms with van der Waals surface area (Å²) in [6.45, 7) is 0. The zero-order valence-electron chi connectivity index (χ0n) is 8.91. The lowest BCUT2D eigenvalue weighted by atomic mass is 10.1. The predicted molar refractivity (Wildman–Crippen MR) is 62.3 cm³/mol. The first kappa shape index (κ1) is 9.40. The van der Waals surface area contributed by atoms with E-state index in [-0.39, 0.29) is 11.8 Å². The molecule has 1 aromatic heterocycles. The number of rotatable bonds is 2. The van der Waals surface area contributed by atoms with Crippen LogP contribution in [0.3, 0.4) is 0 Å². The second-order valence-corrected chi connectivity index (χ2v) is 4.29. The Morgan fingerprint density at radius 2 is 1.75 bits per heavy atom. The van der Waals surface area contributed by atoms with Gasteiger partial charge in [0.1, 0.15) is 0 Å². The van der Waals surface area contributed by atoms with Crippen LogP contribution in [0.25, 0.3) is 0 Å². The maximum Gasteiger partial charge on any atom is 0.234 e. The second kappa shape index (κ2) is 3.63. The van der Waals surface area contributed by atoms with Crippen LogP contribution in [0.5, 0.6) is 0 Å². The smallest absolute Gasteiger partial charge is 0.234 e. The molecule has 0 saturated heterocycles. The van der Waals surface area contributed by atoms with Gasteiger partial charge in [0.25, 0.3) is 0 Å². The lowest BCUT2D eigenvalue weighted by Gasteiger charge is -2.01. The SMILES string of the molecule is O=C([C@H]1C[C@@H]1c1ccccc1)n1cccc1. The topological polar surface area (TPSA) is 22.0 Å². The normalized spacial score (nSPS) is 23.0. The summed E-state index contributed by atoms with van der Waals surface area (Å²) in [7, 11) is 0. The number of benzene rings is 1. The van der Waals surface area contributed by atoms with Gasteiger partial charge in [-0.2, -0.15) is 0 Å². The molecule has 1 aliphatic rings. The summed E-state index contributed by atoms with van der Waals surface area (Å²) in [6.07, 6.45) is 4.63. The van der Waals surface area contributed by atoms with Gasteiger partial charge < -0.3 is 0 Å². The molecule has 1 aliphatic carbocycles. The average molecular weight is 211 g/mol. The van der Waals surface area contributed by atoms with Crippen molar-refractivity contribution in [2.24, 2.45) is 5.92 Å². The molecule has 2 heteroatoms. The van der Waals surface area contributed by atoms with Crippen LogP contribution < -0.4 is 0 Å². The van der Waals surface area contributed by atoms with Gasteiger partial charge in [0.15, 0.2) is 0 Å². The Labute approximate surface area is 94.5 Å². The van der Waals surface area contributed by atoms with Crippen LogP contribution in [-0.2, 0) is 0 Å². The molecular formula is C14H13NO. The van der Waals surface area contributed by atoms with Crippen LogP contribution in [0.2, 0.25) is 0 Å². The van der Waals surface area contributed by atoms with Crippen molar-refractivity contribution in [3.8, 4) is 0 Å². The average Bonchev–Trinajstić information content (AvgIpc) is 2.95. The Balaban J connectivity index is 1.75. The summed E-state index contributed by atoms with van der Waals surface area (Å²) in [5.41, 5.74) is 1.29. The number of aromatic nitrogens is 1. The lowest BCUT2D eigenvalue weighted by Crippen LogP contribution is -2.11. The maximum absolute atomic E-state index is 12.0. The van der Waals surface area contributed by atoms with E-state index in [9.17, 15) is 4.79 Å². The highest BCUT2D eigenvalue weighted by Gasteiger charge is 2.44. The highest BCUT2D eigenvalue weighted by atomic mass is 16.2. The van der Waals surface area contributed by atoms with E-state index in [1.807, 2.05) is 42.7 Å². The molecule has 80 valence electrons. The molecule has 2 atom stereocenters. The minimum atomic E-state index is 0.176. The third-order valence-electron chi connectivity index (χ3n) is 3.19. The summed E-state index contributed by atoms with van der Waals surface area (Å²) >= 11 is 0. The van der Waals surface area contributed by atoms with Crippen molar-refractivity contribution in [2.75, 3.05) is 0 Å². The molecule has 1 heterocycles. The molecular weight excluding hydrogens is 198 g/mol. The summed E-state index contributed by atoms with van der Waals surface area (Å²) in [6, 6.07) is 14.1. The van der Waals surface area contributed by atoms with Crippen LogP contribution in [-0.4, -0.2) is 10.5 Å². The van der Waals surface area contributed by atoms with Gasteiger partial charge in [-0.15, -0.1) is 0 Å². The molecule has 2 nitrogen and oxygen atoms in total. The molecule has 1 aromatic carbocycles. The van der Waals surface area contributed by atoms with Gasteiger partial charge in [-0.25, -0.2) is 0 Å². The summed E-state index contributed by atoms with van der Waals surface area (Å²) < 4.78 is 1.69. The molecule has 0 unspecified atom stereocenters. The molecule has 1 fully saturated rings. The minimum Gasteiger partial charge on any atom is -0.294 e. The van der Waals surface area contributed by atoms with Crippen molar-refractivity contribution < 1.29 is 4.79 Å². The van der Waals surface area contributed by atoms with Crippen LogP contribution in [0.4, 0.5) is 0 Å². The van der Waals surface area contributed by atoms with Gasteiger partial charge in [0.05, 0.1) is 0 Å². The van der Waals surface area contributed by atoms with E-state index in [1.165, 1.54) is 5.56 Å². The second-order valence-electron chi connectivity index (χ2n) is 4.29. The quantitative estimate of drug-likeness (QED) is 0.748. The molecule has 0 N–H and O–H groups in total. The third kappa shape index (κ3) is 1.56. The lowest BCUT2D eigenvalue weighted by molar-refractivity contribution is 0.0884. The van der Waals surface area contributed by atoms with Gasteiger partial charge in [-0.1, -0.05) is 30.3 Å². The van der Waals surface area contributed by atoms with E-state index >= 15 is 0 Å². The van der Waals surface area contributed by atoms with Crippen LogP contribution in [0, 0.1) is 5.92 Å². The fraction of sp³-hybridized carbons (Fsp3) is 0.214. The van der Waals surface area contributed by atoms with E-state index < -0.39 is 0 Å². The van der Waals surface area contributed by atoms with Crippen molar-refractivity contribution >= 4 is 5.91 Å². The fourth-order valence-corrected chi connectivity index (χ4v) is 2.21. The zero-order valence-corrected chi connectivity index (χ0v) is 8.91. The van der Waals surface area contributed by atoms with Gasteiger partial charge in [-0.05, 0) is 30.0 Å². The highest BCUT2D eigenvalue weighted by Crippen LogP contribution is 2.48. The Bertz CT molecular complexity index is 487. The Morgan fingerprint density at radius 1 is 1.06 bits per heavy atom. The maximum atomic E-state index is 12.0. The summed E-state index contributed by atoms with van der Waals surface area (Å²) in [5, 5.41) is 0. The first-order chi connectivity index (χ1) is 7.86. The molecule has 2 aromatic rings. The van der Waals surface area contributed by atoms with Gasteiger partial charge in [0, 0.05) is 18.3 Å². The van der Waals surface area contributed by atoms with Gasteiger partial charge in [0.2, 0.25) is 5.91 Å². The van der Waals surface area contributed by atoms with E-state index in [0.717, 1.165) is 6.42 Å². The minimum absolute atomic E-state index is 0.176.